The third kappa shape index (κ3) is 4.46. The molecule has 3 rings (SSSR count). The lowest BCUT2D eigenvalue weighted by Crippen LogP contribution is -2.43. The second kappa shape index (κ2) is 8.22. The maximum Gasteiger partial charge on any atom is 0.328 e. The Morgan fingerprint density at radius 3 is 2.33 bits per heavy atom. The van der Waals surface area contributed by atoms with Gasteiger partial charge in [-0.25, -0.2) is 4.79 Å². The highest BCUT2D eigenvalue weighted by Gasteiger charge is 2.24. The fraction of sp³-hybridized carbons (Fsp3) is 0.143. The van der Waals surface area contributed by atoms with Gasteiger partial charge in [0, 0.05) is 10.9 Å². The maximum absolute atomic E-state index is 12.7. The van der Waals surface area contributed by atoms with Crippen LogP contribution in [0.4, 0.5) is 0 Å². The molecule has 0 spiro atoms. The Kier molecular flexibility index (Phi) is 5.76. The number of carbonyl (C=O) groups excluding carboxylic acids is 2. The van der Waals surface area contributed by atoms with Gasteiger partial charge in [0.05, 0.1) is 12.7 Å². The van der Waals surface area contributed by atoms with Crippen LogP contribution in [0.25, 0.3) is 10.8 Å². The average molecular weight is 428 g/mol. The van der Waals surface area contributed by atoms with E-state index in [1.165, 1.54) is 13.2 Å². The lowest BCUT2D eigenvalue weighted by Gasteiger charge is -2.17. The molecule has 27 heavy (non-hydrogen) atoms. The summed E-state index contributed by atoms with van der Waals surface area (Å²) in [6.07, 6.45) is 0.278. The van der Waals surface area contributed by atoms with Crippen molar-refractivity contribution in [2.24, 2.45) is 0 Å². The summed E-state index contributed by atoms with van der Waals surface area (Å²) in [5.74, 6) is -1.23. The molecule has 1 amide bonds. The number of carbonyl (C=O) groups is 2. The predicted molar refractivity (Wildman–Crippen MR) is 107 cm³/mol. The molecule has 0 bridgehead atoms. The van der Waals surface area contributed by atoms with E-state index < -0.39 is 17.9 Å². The molecule has 138 valence electrons. The SMILES string of the molecule is COC(=O)[C@H](Cc1ccc(Br)cc1)NC(=O)c1cc2ccccc2cc1O. The van der Waals surface area contributed by atoms with Crippen molar-refractivity contribution in [3.05, 3.63) is 76.3 Å². The van der Waals surface area contributed by atoms with E-state index in [1.807, 2.05) is 48.5 Å². The number of hydrogen-bond donors (Lipinski definition) is 2. The second-order valence-electron chi connectivity index (χ2n) is 6.10. The van der Waals surface area contributed by atoms with Gasteiger partial charge in [0.2, 0.25) is 0 Å². The van der Waals surface area contributed by atoms with E-state index in [9.17, 15) is 14.7 Å². The van der Waals surface area contributed by atoms with E-state index in [1.54, 1.807) is 6.07 Å². The molecule has 0 aliphatic heterocycles. The van der Waals surface area contributed by atoms with Gasteiger partial charge in [-0.3, -0.25) is 4.79 Å². The van der Waals surface area contributed by atoms with Gasteiger partial charge in [0.25, 0.3) is 5.91 Å². The summed E-state index contributed by atoms with van der Waals surface area (Å²) in [6.45, 7) is 0. The van der Waals surface area contributed by atoms with E-state index >= 15 is 0 Å². The van der Waals surface area contributed by atoms with Crippen LogP contribution in [-0.2, 0) is 16.0 Å². The van der Waals surface area contributed by atoms with E-state index in [-0.39, 0.29) is 17.7 Å². The molecule has 0 radical (unpaired) electrons. The van der Waals surface area contributed by atoms with Gasteiger partial charge in [-0.05, 0) is 40.6 Å². The summed E-state index contributed by atoms with van der Waals surface area (Å²) in [5.41, 5.74) is 0.982. The molecule has 6 heteroatoms. The number of fused-ring (bicyclic) bond motifs is 1. The van der Waals surface area contributed by atoms with Crippen molar-refractivity contribution in [1.82, 2.24) is 5.32 Å². The molecular formula is C21H18BrNO4. The number of methoxy groups -OCH3 is 1. The van der Waals surface area contributed by atoms with Crippen molar-refractivity contribution >= 4 is 38.6 Å². The number of rotatable bonds is 5. The van der Waals surface area contributed by atoms with Gasteiger partial charge in [-0.15, -0.1) is 0 Å². The van der Waals surface area contributed by atoms with Crippen LogP contribution in [0.1, 0.15) is 15.9 Å². The number of phenols is 1. The van der Waals surface area contributed by atoms with Crippen molar-refractivity contribution in [1.29, 1.82) is 0 Å². The summed E-state index contributed by atoms with van der Waals surface area (Å²) in [7, 11) is 1.27. The Morgan fingerprint density at radius 2 is 1.70 bits per heavy atom. The van der Waals surface area contributed by atoms with Crippen LogP contribution in [0, 0.1) is 0 Å². The number of phenolic OH excluding ortho intramolecular Hbond substituents is 1. The minimum atomic E-state index is -0.866. The van der Waals surface area contributed by atoms with Gasteiger partial charge in [-0.2, -0.15) is 0 Å². The molecule has 0 unspecified atom stereocenters. The van der Waals surface area contributed by atoms with Gasteiger partial charge < -0.3 is 15.2 Å². The molecule has 0 aliphatic rings. The fourth-order valence-electron chi connectivity index (χ4n) is 2.84. The standard InChI is InChI=1S/C21H18BrNO4/c1-27-21(26)18(10-13-6-8-16(22)9-7-13)23-20(25)17-11-14-4-2-3-5-15(14)12-19(17)24/h2-9,11-12,18,24H,10H2,1H3,(H,23,25)/t18-/m0/s1. The normalized spacial score (nSPS) is 11.8. The summed E-state index contributed by atoms with van der Waals surface area (Å²) < 4.78 is 5.74. The summed E-state index contributed by atoms with van der Waals surface area (Å²) >= 11 is 3.36. The molecule has 0 saturated heterocycles. The summed E-state index contributed by atoms with van der Waals surface area (Å²) in [5, 5.41) is 14.5. The number of amides is 1. The lowest BCUT2D eigenvalue weighted by molar-refractivity contribution is -0.142. The Morgan fingerprint density at radius 1 is 1.07 bits per heavy atom. The monoisotopic (exact) mass is 427 g/mol. The van der Waals surface area contributed by atoms with Crippen LogP contribution in [0.5, 0.6) is 5.75 Å². The van der Waals surface area contributed by atoms with E-state index in [0.717, 1.165) is 20.8 Å². The topological polar surface area (TPSA) is 75.6 Å². The largest absolute Gasteiger partial charge is 0.507 e. The minimum Gasteiger partial charge on any atom is -0.507 e. The number of aromatic hydroxyl groups is 1. The van der Waals surface area contributed by atoms with Crippen molar-refractivity contribution in [2.75, 3.05) is 7.11 Å². The minimum absolute atomic E-state index is 0.110. The number of halogens is 1. The van der Waals surface area contributed by atoms with Crippen LogP contribution in [0.15, 0.2) is 65.1 Å². The molecule has 5 nitrogen and oxygen atoms in total. The predicted octanol–water partition coefficient (Wildman–Crippen LogP) is 3.82. The molecular weight excluding hydrogens is 410 g/mol. The fourth-order valence-corrected chi connectivity index (χ4v) is 3.10. The Bertz CT molecular complexity index is 985. The van der Waals surface area contributed by atoms with Gasteiger partial charge in [0.1, 0.15) is 11.8 Å². The molecule has 0 aromatic heterocycles. The van der Waals surface area contributed by atoms with Gasteiger partial charge in [-0.1, -0.05) is 52.3 Å². The molecule has 3 aromatic carbocycles. The molecule has 0 saturated carbocycles. The average Bonchev–Trinajstić information content (AvgIpc) is 2.67. The van der Waals surface area contributed by atoms with E-state index in [0.29, 0.717) is 0 Å². The third-order valence-corrected chi connectivity index (χ3v) is 4.78. The zero-order valence-corrected chi connectivity index (χ0v) is 16.2. The highest BCUT2D eigenvalue weighted by Crippen LogP contribution is 2.25. The first-order chi connectivity index (χ1) is 13.0. The van der Waals surface area contributed by atoms with E-state index in [2.05, 4.69) is 21.2 Å². The molecule has 0 aliphatic carbocycles. The first kappa shape index (κ1) is 18.9. The Balaban J connectivity index is 1.84. The smallest absolute Gasteiger partial charge is 0.328 e. The van der Waals surface area contributed by atoms with Crippen molar-refractivity contribution in [3.8, 4) is 5.75 Å². The van der Waals surface area contributed by atoms with Crippen LogP contribution in [0.3, 0.4) is 0 Å². The number of ether oxygens (including phenoxy) is 1. The first-order valence-electron chi connectivity index (χ1n) is 8.33. The molecule has 0 heterocycles. The van der Waals surface area contributed by atoms with Gasteiger partial charge >= 0.3 is 5.97 Å². The van der Waals surface area contributed by atoms with Crippen molar-refractivity contribution in [2.45, 2.75) is 12.5 Å². The zero-order chi connectivity index (χ0) is 19.4. The lowest BCUT2D eigenvalue weighted by atomic mass is 10.0. The molecule has 0 fully saturated rings. The second-order valence-corrected chi connectivity index (χ2v) is 7.01. The maximum atomic E-state index is 12.7. The van der Waals surface area contributed by atoms with Crippen LogP contribution >= 0.6 is 15.9 Å². The van der Waals surface area contributed by atoms with Crippen LogP contribution in [-0.4, -0.2) is 30.1 Å². The van der Waals surface area contributed by atoms with Crippen LogP contribution in [0.2, 0.25) is 0 Å². The molecule has 3 aromatic rings. The zero-order valence-electron chi connectivity index (χ0n) is 14.6. The number of benzene rings is 3. The Labute approximate surface area is 165 Å². The summed E-state index contributed by atoms with van der Waals surface area (Å²) in [6, 6.07) is 17.1. The highest BCUT2D eigenvalue weighted by atomic mass is 79.9. The van der Waals surface area contributed by atoms with E-state index in [4.69, 9.17) is 4.74 Å². The van der Waals surface area contributed by atoms with Crippen LogP contribution < -0.4 is 5.32 Å². The number of esters is 1. The number of nitrogens with one attached hydrogen (secondary N) is 1. The summed E-state index contributed by atoms with van der Waals surface area (Å²) in [4.78, 5) is 24.8. The quantitative estimate of drug-likeness (QED) is 0.606. The highest BCUT2D eigenvalue weighted by molar-refractivity contribution is 9.10. The first-order valence-corrected chi connectivity index (χ1v) is 9.12. The Hall–Kier alpha value is -2.86. The third-order valence-electron chi connectivity index (χ3n) is 4.25. The number of hydrogen-bond acceptors (Lipinski definition) is 4. The molecule has 1 atom stereocenters. The van der Waals surface area contributed by atoms with Crippen molar-refractivity contribution in [3.63, 3.8) is 0 Å². The molecule has 2 N–H and O–H groups in total. The van der Waals surface area contributed by atoms with Gasteiger partial charge in [0.15, 0.2) is 0 Å². The van der Waals surface area contributed by atoms with Crippen molar-refractivity contribution < 1.29 is 19.4 Å².